The lowest BCUT2D eigenvalue weighted by Gasteiger charge is -2.15. The lowest BCUT2D eigenvalue weighted by Crippen LogP contribution is -2.28. The number of benzene rings is 2. The van der Waals surface area contributed by atoms with E-state index in [1.165, 1.54) is 0 Å². The van der Waals surface area contributed by atoms with Crippen molar-refractivity contribution < 1.29 is 4.79 Å². The van der Waals surface area contributed by atoms with Crippen molar-refractivity contribution in [2.75, 3.05) is 0 Å². The lowest BCUT2D eigenvalue weighted by molar-refractivity contribution is -0.121. The Bertz CT molecular complexity index is 953. The molecule has 0 saturated heterocycles. The summed E-state index contributed by atoms with van der Waals surface area (Å²) in [7, 11) is 0. The van der Waals surface area contributed by atoms with E-state index < -0.39 is 0 Å². The van der Waals surface area contributed by atoms with E-state index in [9.17, 15) is 9.59 Å². The number of aromatic nitrogens is 2. The average molecular weight is 323 g/mol. The van der Waals surface area contributed by atoms with Crippen LogP contribution in [0.5, 0.6) is 0 Å². The van der Waals surface area contributed by atoms with E-state index in [4.69, 9.17) is 0 Å². The van der Waals surface area contributed by atoms with E-state index >= 15 is 0 Å². The second kappa shape index (κ2) is 6.35. The first-order chi connectivity index (χ1) is 11.4. The molecule has 24 heavy (non-hydrogen) atoms. The monoisotopic (exact) mass is 323 g/mol. The van der Waals surface area contributed by atoms with Crippen LogP contribution < -0.4 is 11.0 Å². The Morgan fingerprint density at radius 1 is 1.08 bits per heavy atom. The zero-order valence-corrected chi connectivity index (χ0v) is 14.1. The number of nitrogens with one attached hydrogen (secondary N) is 3. The largest absolute Gasteiger partial charge is 0.349 e. The first-order valence-electron chi connectivity index (χ1n) is 8.00. The number of hydrogen-bond acceptors (Lipinski definition) is 2. The van der Waals surface area contributed by atoms with Crippen LogP contribution in [0.25, 0.3) is 11.0 Å². The van der Waals surface area contributed by atoms with E-state index in [-0.39, 0.29) is 17.6 Å². The fraction of sp³-hybridized carbons (Fsp3) is 0.263. The van der Waals surface area contributed by atoms with Crippen LogP contribution in [-0.4, -0.2) is 15.9 Å². The predicted molar refractivity (Wildman–Crippen MR) is 95.1 cm³/mol. The molecule has 1 aromatic heterocycles. The number of H-pyrrole nitrogens is 2. The molecule has 5 nitrogen and oxygen atoms in total. The fourth-order valence-electron chi connectivity index (χ4n) is 2.86. The van der Waals surface area contributed by atoms with E-state index in [2.05, 4.69) is 21.4 Å². The summed E-state index contributed by atoms with van der Waals surface area (Å²) in [6.07, 6.45) is 0.362. The Labute approximate surface area is 140 Å². The number of rotatable bonds is 4. The summed E-state index contributed by atoms with van der Waals surface area (Å²) in [5.41, 5.74) is 5.55. The van der Waals surface area contributed by atoms with Crippen molar-refractivity contribution in [1.29, 1.82) is 0 Å². The van der Waals surface area contributed by atoms with Gasteiger partial charge in [-0.25, -0.2) is 4.79 Å². The zero-order valence-electron chi connectivity index (χ0n) is 14.1. The second-order valence-electron chi connectivity index (χ2n) is 6.28. The minimum absolute atomic E-state index is 0.0149. The number of aryl methyl sites for hydroxylation is 2. The molecular formula is C19H21N3O2. The number of fused-ring (bicyclic) bond motifs is 1. The van der Waals surface area contributed by atoms with Gasteiger partial charge in [0.05, 0.1) is 23.5 Å². The molecule has 0 aliphatic heterocycles. The standard InChI is InChI=1S/C19H21N3O2/c1-11-4-5-12(2)15(8-11)10-18(23)20-13(3)14-6-7-16-17(9-14)22-19(24)21-16/h4-9,13H,10H2,1-3H3,(H,20,23)(H2,21,22,24). The number of imidazole rings is 1. The smallest absolute Gasteiger partial charge is 0.323 e. The van der Waals surface area contributed by atoms with Gasteiger partial charge in [-0.05, 0) is 49.6 Å². The van der Waals surface area contributed by atoms with E-state index in [1.54, 1.807) is 0 Å². The van der Waals surface area contributed by atoms with Crippen LogP contribution in [0.4, 0.5) is 0 Å². The van der Waals surface area contributed by atoms with Gasteiger partial charge in [0.15, 0.2) is 0 Å². The summed E-state index contributed by atoms with van der Waals surface area (Å²) < 4.78 is 0. The molecule has 0 saturated carbocycles. The number of carbonyl (C=O) groups is 1. The highest BCUT2D eigenvalue weighted by atomic mass is 16.1. The molecule has 3 rings (SSSR count). The van der Waals surface area contributed by atoms with Crippen LogP contribution in [-0.2, 0) is 11.2 Å². The summed E-state index contributed by atoms with van der Waals surface area (Å²) in [5.74, 6) is -0.0149. The Kier molecular flexibility index (Phi) is 4.25. The molecule has 0 aliphatic carbocycles. The molecule has 0 aliphatic rings. The minimum atomic E-state index is -0.228. The van der Waals surface area contributed by atoms with Gasteiger partial charge in [0.25, 0.3) is 0 Å². The second-order valence-corrected chi connectivity index (χ2v) is 6.28. The Hall–Kier alpha value is -2.82. The quantitative estimate of drug-likeness (QED) is 0.690. The van der Waals surface area contributed by atoms with Crippen LogP contribution in [0, 0.1) is 13.8 Å². The van der Waals surface area contributed by atoms with Crippen molar-refractivity contribution in [2.24, 2.45) is 0 Å². The molecule has 0 bridgehead atoms. The van der Waals surface area contributed by atoms with Gasteiger partial charge < -0.3 is 15.3 Å². The number of hydrogen-bond donors (Lipinski definition) is 3. The Balaban J connectivity index is 1.72. The van der Waals surface area contributed by atoms with Crippen LogP contribution in [0.15, 0.2) is 41.2 Å². The predicted octanol–water partition coefficient (Wildman–Crippen LogP) is 2.89. The average Bonchev–Trinajstić information content (AvgIpc) is 2.89. The van der Waals surface area contributed by atoms with Gasteiger partial charge in [0.2, 0.25) is 5.91 Å². The van der Waals surface area contributed by atoms with Crippen molar-refractivity contribution in [3.05, 3.63) is 69.1 Å². The summed E-state index contributed by atoms with van der Waals surface area (Å²) in [5, 5.41) is 3.02. The minimum Gasteiger partial charge on any atom is -0.349 e. The summed E-state index contributed by atoms with van der Waals surface area (Å²) in [6, 6.07) is 11.6. The van der Waals surface area contributed by atoms with Crippen LogP contribution in [0.1, 0.15) is 35.2 Å². The van der Waals surface area contributed by atoms with Gasteiger partial charge in [0, 0.05) is 0 Å². The molecule has 0 fully saturated rings. The van der Waals surface area contributed by atoms with Crippen molar-refractivity contribution in [1.82, 2.24) is 15.3 Å². The van der Waals surface area contributed by atoms with E-state index in [1.807, 2.05) is 51.1 Å². The van der Waals surface area contributed by atoms with Crippen molar-refractivity contribution >= 4 is 16.9 Å². The highest BCUT2D eigenvalue weighted by molar-refractivity contribution is 5.80. The normalized spacial score (nSPS) is 12.3. The maximum atomic E-state index is 12.4. The molecule has 2 aromatic carbocycles. The van der Waals surface area contributed by atoms with Crippen LogP contribution in [0.2, 0.25) is 0 Å². The molecule has 1 amide bonds. The molecular weight excluding hydrogens is 302 g/mol. The topological polar surface area (TPSA) is 77.8 Å². The summed E-state index contributed by atoms with van der Waals surface area (Å²) in [6.45, 7) is 5.98. The van der Waals surface area contributed by atoms with Crippen molar-refractivity contribution in [3.8, 4) is 0 Å². The van der Waals surface area contributed by atoms with Gasteiger partial charge in [-0.2, -0.15) is 0 Å². The van der Waals surface area contributed by atoms with Crippen molar-refractivity contribution in [3.63, 3.8) is 0 Å². The SMILES string of the molecule is Cc1ccc(C)c(CC(=O)NC(C)c2ccc3[nH]c(=O)[nH]c3c2)c1. The van der Waals surface area contributed by atoms with Crippen LogP contribution >= 0.6 is 0 Å². The fourth-order valence-corrected chi connectivity index (χ4v) is 2.86. The first-order valence-corrected chi connectivity index (χ1v) is 8.00. The van der Waals surface area contributed by atoms with Crippen LogP contribution in [0.3, 0.4) is 0 Å². The lowest BCUT2D eigenvalue weighted by atomic mass is 10.0. The third kappa shape index (κ3) is 3.40. The highest BCUT2D eigenvalue weighted by Gasteiger charge is 2.12. The highest BCUT2D eigenvalue weighted by Crippen LogP contribution is 2.18. The van der Waals surface area contributed by atoms with Gasteiger partial charge >= 0.3 is 5.69 Å². The molecule has 124 valence electrons. The number of carbonyl (C=O) groups excluding carboxylic acids is 1. The molecule has 3 N–H and O–H groups in total. The van der Waals surface area contributed by atoms with Gasteiger partial charge in [-0.1, -0.05) is 29.8 Å². The number of amides is 1. The van der Waals surface area contributed by atoms with Gasteiger partial charge in [-0.15, -0.1) is 0 Å². The van der Waals surface area contributed by atoms with E-state index in [0.717, 1.165) is 33.3 Å². The Morgan fingerprint density at radius 3 is 2.62 bits per heavy atom. The summed E-state index contributed by atoms with van der Waals surface area (Å²) >= 11 is 0. The molecule has 1 atom stereocenters. The third-order valence-electron chi connectivity index (χ3n) is 4.27. The molecule has 5 heteroatoms. The number of aromatic amines is 2. The third-order valence-corrected chi connectivity index (χ3v) is 4.27. The van der Waals surface area contributed by atoms with Gasteiger partial charge in [0.1, 0.15) is 0 Å². The van der Waals surface area contributed by atoms with Crippen molar-refractivity contribution in [2.45, 2.75) is 33.2 Å². The molecule has 0 radical (unpaired) electrons. The first kappa shape index (κ1) is 16.1. The molecule has 1 heterocycles. The molecule has 0 spiro atoms. The summed E-state index contributed by atoms with van der Waals surface area (Å²) in [4.78, 5) is 29.1. The van der Waals surface area contributed by atoms with Gasteiger partial charge in [-0.3, -0.25) is 4.79 Å². The zero-order chi connectivity index (χ0) is 17.3. The Morgan fingerprint density at radius 2 is 1.83 bits per heavy atom. The maximum absolute atomic E-state index is 12.4. The molecule has 1 unspecified atom stereocenters. The molecule has 3 aromatic rings. The van der Waals surface area contributed by atoms with E-state index in [0.29, 0.717) is 6.42 Å². The maximum Gasteiger partial charge on any atom is 0.323 e.